The molecule has 0 fully saturated rings. The minimum absolute atomic E-state index is 0.0350. The minimum Gasteiger partial charge on any atom is -0.478 e. The van der Waals surface area contributed by atoms with Crippen molar-refractivity contribution in [3.05, 3.63) is 27.7 Å². The van der Waals surface area contributed by atoms with E-state index in [4.69, 9.17) is 10.4 Å². The molecule has 0 aromatic heterocycles. The van der Waals surface area contributed by atoms with Crippen LogP contribution in [0.3, 0.4) is 0 Å². The third kappa shape index (κ3) is 3.79. The Hall–Kier alpha value is -1.43. The predicted octanol–water partition coefficient (Wildman–Crippen LogP) is 1.89. The van der Waals surface area contributed by atoms with E-state index in [2.05, 4.69) is 20.7 Å². The summed E-state index contributed by atoms with van der Waals surface area (Å²) in [6.45, 7) is 3.12. The molecule has 0 radical (unpaired) electrons. The van der Waals surface area contributed by atoms with Crippen LogP contribution < -0.4 is 4.72 Å². The third-order valence-corrected chi connectivity index (χ3v) is 4.89. The number of hydrogen-bond acceptors (Lipinski definition) is 4. The molecule has 1 rings (SSSR count). The van der Waals surface area contributed by atoms with E-state index in [0.29, 0.717) is 10.0 Å². The van der Waals surface area contributed by atoms with Gasteiger partial charge < -0.3 is 5.11 Å². The Morgan fingerprint density at radius 1 is 1.55 bits per heavy atom. The topological polar surface area (TPSA) is 107 Å². The van der Waals surface area contributed by atoms with E-state index in [9.17, 15) is 13.2 Å². The summed E-state index contributed by atoms with van der Waals surface area (Å²) in [5.74, 6) is -1.68. The van der Waals surface area contributed by atoms with Crippen molar-refractivity contribution in [1.82, 2.24) is 4.72 Å². The van der Waals surface area contributed by atoms with Gasteiger partial charge in [-0.2, -0.15) is 5.26 Å². The molecule has 0 spiro atoms. The lowest BCUT2D eigenvalue weighted by molar-refractivity contribution is 0.0695. The third-order valence-electron chi connectivity index (χ3n) is 2.66. The first-order chi connectivity index (χ1) is 9.19. The zero-order valence-corrected chi connectivity index (χ0v) is 13.2. The van der Waals surface area contributed by atoms with E-state index in [0.717, 1.165) is 6.07 Å². The molecule has 0 aliphatic carbocycles. The Kier molecular flexibility index (Phi) is 5.28. The zero-order valence-electron chi connectivity index (χ0n) is 10.8. The summed E-state index contributed by atoms with van der Waals surface area (Å²) >= 11 is 3.14. The van der Waals surface area contributed by atoms with Crippen molar-refractivity contribution in [3.8, 4) is 6.07 Å². The van der Waals surface area contributed by atoms with Crippen molar-refractivity contribution in [2.24, 2.45) is 5.92 Å². The van der Waals surface area contributed by atoms with E-state index < -0.39 is 21.9 Å². The Bertz CT molecular complexity index is 679. The number of nitrogens with one attached hydrogen (secondary N) is 1. The largest absolute Gasteiger partial charge is 0.478 e. The summed E-state index contributed by atoms with van der Waals surface area (Å²) in [4.78, 5) is 10.9. The van der Waals surface area contributed by atoms with Gasteiger partial charge >= 0.3 is 5.97 Å². The first-order valence-corrected chi connectivity index (χ1v) is 7.89. The SMILES string of the molecule is Cc1c(Br)cc(S(=O)(=O)NCC(C)C#N)cc1C(=O)O. The molecular weight excluding hydrogens is 348 g/mol. The fraction of sp³-hybridized carbons (Fsp3) is 0.333. The van der Waals surface area contributed by atoms with Crippen LogP contribution in [0, 0.1) is 24.2 Å². The average molecular weight is 361 g/mol. The molecule has 1 unspecified atom stereocenters. The van der Waals surface area contributed by atoms with Crippen LogP contribution >= 0.6 is 15.9 Å². The summed E-state index contributed by atoms with van der Waals surface area (Å²) in [5.41, 5.74) is 0.356. The van der Waals surface area contributed by atoms with Gasteiger partial charge in [-0.15, -0.1) is 0 Å². The number of sulfonamides is 1. The number of aromatic carboxylic acids is 1. The predicted molar refractivity (Wildman–Crippen MR) is 75.8 cm³/mol. The van der Waals surface area contributed by atoms with Crippen molar-refractivity contribution in [2.45, 2.75) is 18.7 Å². The minimum atomic E-state index is -3.86. The van der Waals surface area contributed by atoms with Crippen LogP contribution in [0.15, 0.2) is 21.5 Å². The van der Waals surface area contributed by atoms with E-state index >= 15 is 0 Å². The molecular formula is C12H13BrN2O4S. The number of nitrogens with zero attached hydrogens (tertiary/aromatic N) is 1. The van der Waals surface area contributed by atoms with Crippen molar-refractivity contribution >= 4 is 31.9 Å². The first-order valence-electron chi connectivity index (χ1n) is 5.61. The number of carboxylic acids is 1. The van der Waals surface area contributed by atoms with Crippen LogP contribution in [-0.4, -0.2) is 26.0 Å². The number of carboxylic acid groups (broad SMARTS) is 1. The van der Waals surface area contributed by atoms with Gasteiger partial charge in [-0.05, 0) is 31.5 Å². The van der Waals surface area contributed by atoms with Crippen LogP contribution in [0.2, 0.25) is 0 Å². The Labute approximate surface area is 125 Å². The Balaban J connectivity index is 3.20. The summed E-state index contributed by atoms with van der Waals surface area (Å²) in [6.07, 6.45) is 0. The second-order valence-electron chi connectivity index (χ2n) is 4.26. The monoisotopic (exact) mass is 360 g/mol. The maximum absolute atomic E-state index is 12.1. The number of rotatable bonds is 5. The van der Waals surface area contributed by atoms with Crippen LogP contribution in [0.4, 0.5) is 0 Å². The standard InChI is InChI=1S/C12H13BrN2O4S/c1-7(5-14)6-15-20(18,19)9-3-10(12(16)17)8(2)11(13)4-9/h3-4,7,15H,6H2,1-2H3,(H,16,17). The van der Waals surface area contributed by atoms with Crippen molar-refractivity contribution in [3.63, 3.8) is 0 Å². The summed E-state index contributed by atoms with van der Waals surface area (Å²) in [5, 5.41) is 17.7. The molecule has 0 saturated carbocycles. The molecule has 0 aliphatic rings. The fourth-order valence-electron chi connectivity index (χ4n) is 1.39. The smallest absolute Gasteiger partial charge is 0.336 e. The van der Waals surface area contributed by atoms with Crippen LogP contribution in [-0.2, 0) is 10.0 Å². The molecule has 20 heavy (non-hydrogen) atoms. The number of halogens is 1. The Morgan fingerprint density at radius 2 is 2.15 bits per heavy atom. The van der Waals surface area contributed by atoms with E-state index in [1.54, 1.807) is 13.8 Å². The van der Waals surface area contributed by atoms with Gasteiger partial charge in [0.1, 0.15) is 0 Å². The maximum Gasteiger partial charge on any atom is 0.336 e. The lowest BCUT2D eigenvalue weighted by Crippen LogP contribution is -2.28. The lowest BCUT2D eigenvalue weighted by atomic mass is 10.1. The number of benzene rings is 1. The maximum atomic E-state index is 12.1. The molecule has 6 nitrogen and oxygen atoms in total. The van der Waals surface area contributed by atoms with Gasteiger partial charge in [-0.3, -0.25) is 0 Å². The van der Waals surface area contributed by atoms with Gasteiger partial charge in [0.15, 0.2) is 0 Å². The van der Waals surface area contributed by atoms with Crippen LogP contribution in [0.5, 0.6) is 0 Å². The van der Waals surface area contributed by atoms with Gasteiger partial charge in [0.05, 0.1) is 22.4 Å². The molecule has 0 amide bonds. The number of carbonyl (C=O) groups is 1. The van der Waals surface area contributed by atoms with E-state index in [1.807, 2.05) is 6.07 Å². The highest BCUT2D eigenvalue weighted by molar-refractivity contribution is 9.10. The molecule has 1 aromatic carbocycles. The molecule has 0 heterocycles. The normalized spacial score (nSPS) is 12.7. The van der Waals surface area contributed by atoms with Crippen molar-refractivity contribution < 1.29 is 18.3 Å². The second kappa shape index (κ2) is 6.35. The first kappa shape index (κ1) is 16.6. The van der Waals surface area contributed by atoms with E-state index in [-0.39, 0.29) is 17.0 Å². The van der Waals surface area contributed by atoms with Gasteiger partial charge in [0, 0.05) is 11.0 Å². The van der Waals surface area contributed by atoms with Gasteiger partial charge in [-0.25, -0.2) is 17.9 Å². The quantitative estimate of drug-likeness (QED) is 0.833. The van der Waals surface area contributed by atoms with Gasteiger partial charge in [0.25, 0.3) is 0 Å². The second-order valence-corrected chi connectivity index (χ2v) is 6.89. The molecule has 0 aliphatic heterocycles. The van der Waals surface area contributed by atoms with Gasteiger partial charge in [-0.1, -0.05) is 15.9 Å². The molecule has 2 N–H and O–H groups in total. The Morgan fingerprint density at radius 3 is 2.65 bits per heavy atom. The van der Waals surface area contributed by atoms with Crippen molar-refractivity contribution in [1.29, 1.82) is 5.26 Å². The number of hydrogen-bond donors (Lipinski definition) is 2. The van der Waals surface area contributed by atoms with E-state index in [1.165, 1.54) is 6.07 Å². The average Bonchev–Trinajstić information content (AvgIpc) is 2.38. The molecule has 1 aromatic rings. The summed E-state index contributed by atoms with van der Waals surface area (Å²) in [7, 11) is -3.86. The molecule has 0 bridgehead atoms. The van der Waals surface area contributed by atoms with Crippen LogP contribution in [0.1, 0.15) is 22.8 Å². The lowest BCUT2D eigenvalue weighted by Gasteiger charge is -2.11. The fourth-order valence-corrected chi connectivity index (χ4v) is 3.19. The molecule has 1 atom stereocenters. The van der Waals surface area contributed by atoms with Crippen LogP contribution in [0.25, 0.3) is 0 Å². The zero-order chi connectivity index (χ0) is 15.5. The summed E-state index contributed by atoms with van der Waals surface area (Å²) in [6, 6.07) is 4.34. The van der Waals surface area contributed by atoms with Crippen molar-refractivity contribution in [2.75, 3.05) is 6.54 Å². The highest BCUT2D eigenvalue weighted by Crippen LogP contribution is 2.25. The van der Waals surface area contributed by atoms with Gasteiger partial charge in [0.2, 0.25) is 10.0 Å². The molecule has 8 heteroatoms. The summed E-state index contributed by atoms with van der Waals surface area (Å²) < 4.78 is 26.8. The molecule has 0 saturated heterocycles. The number of nitriles is 1. The molecule has 108 valence electrons. The highest BCUT2D eigenvalue weighted by Gasteiger charge is 2.20. The highest BCUT2D eigenvalue weighted by atomic mass is 79.9.